The van der Waals surface area contributed by atoms with E-state index in [1.807, 2.05) is 50.6 Å². The maximum absolute atomic E-state index is 12.9. The summed E-state index contributed by atoms with van der Waals surface area (Å²) >= 11 is 0. The molecule has 4 heterocycles. The number of rotatable bonds is 4. The SMILES string of the molecule is Cn1c2c(c3ccc(-n4ccc(OCc5ccc(C(F)(F)F)cn5)cc4=O)cc31)CCN(C(=O)OC(C)(C)C)C2. The lowest BCUT2D eigenvalue weighted by Gasteiger charge is -2.30. The van der Waals surface area contributed by atoms with Crippen LogP contribution in [0.25, 0.3) is 16.6 Å². The van der Waals surface area contributed by atoms with Crippen LogP contribution in [0, 0.1) is 0 Å². The van der Waals surface area contributed by atoms with E-state index in [2.05, 4.69) is 4.98 Å². The predicted octanol–water partition coefficient (Wildman–Crippen LogP) is 5.62. The Morgan fingerprint density at radius 1 is 1.07 bits per heavy atom. The van der Waals surface area contributed by atoms with Crippen molar-refractivity contribution < 1.29 is 27.4 Å². The van der Waals surface area contributed by atoms with E-state index in [1.165, 1.54) is 22.3 Å². The minimum Gasteiger partial charge on any atom is -0.487 e. The Labute approximate surface area is 228 Å². The molecule has 0 spiro atoms. The lowest BCUT2D eigenvalue weighted by Crippen LogP contribution is -2.40. The smallest absolute Gasteiger partial charge is 0.417 e. The van der Waals surface area contributed by atoms with Crippen LogP contribution in [0.3, 0.4) is 0 Å². The molecule has 1 aromatic carbocycles. The molecule has 1 aliphatic heterocycles. The second-order valence-electron chi connectivity index (χ2n) is 10.7. The molecule has 4 aromatic rings. The number of alkyl halides is 3. The number of carbonyl (C=O) groups is 1. The average Bonchev–Trinajstić information content (AvgIpc) is 3.17. The van der Waals surface area contributed by atoms with E-state index < -0.39 is 17.3 Å². The van der Waals surface area contributed by atoms with Crippen molar-refractivity contribution in [1.82, 2.24) is 19.0 Å². The van der Waals surface area contributed by atoms with Crippen molar-refractivity contribution in [2.24, 2.45) is 7.05 Å². The molecule has 0 fully saturated rings. The fraction of sp³-hybridized carbons (Fsp3) is 0.345. The highest BCUT2D eigenvalue weighted by Crippen LogP contribution is 2.32. The highest BCUT2D eigenvalue weighted by atomic mass is 19.4. The number of hydrogen-bond acceptors (Lipinski definition) is 5. The lowest BCUT2D eigenvalue weighted by atomic mass is 10.0. The number of benzene rings is 1. The molecular weight excluding hydrogens is 525 g/mol. The van der Waals surface area contributed by atoms with E-state index in [0.717, 1.165) is 28.9 Å². The van der Waals surface area contributed by atoms with Gasteiger partial charge < -0.3 is 18.9 Å². The first-order chi connectivity index (χ1) is 18.8. The maximum Gasteiger partial charge on any atom is 0.417 e. The molecule has 1 amide bonds. The molecule has 11 heteroatoms. The van der Waals surface area contributed by atoms with Gasteiger partial charge in [-0.3, -0.25) is 14.3 Å². The molecule has 0 radical (unpaired) electrons. The van der Waals surface area contributed by atoms with Crippen molar-refractivity contribution in [2.45, 2.75) is 52.1 Å². The third-order valence-electron chi connectivity index (χ3n) is 6.75. The van der Waals surface area contributed by atoms with Crippen LogP contribution in [0.1, 0.15) is 43.3 Å². The number of ether oxygens (including phenoxy) is 2. The van der Waals surface area contributed by atoms with Crippen LogP contribution in [0.2, 0.25) is 0 Å². The van der Waals surface area contributed by atoms with Crippen molar-refractivity contribution in [3.63, 3.8) is 0 Å². The summed E-state index contributed by atoms with van der Waals surface area (Å²) in [5.74, 6) is 0.278. The Morgan fingerprint density at radius 2 is 1.85 bits per heavy atom. The largest absolute Gasteiger partial charge is 0.487 e. The van der Waals surface area contributed by atoms with Crippen LogP contribution >= 0.6 is 0 Å². The second-order valence-corrected chi connectivity index (χ2v) is 10.7. The Hall–Kier alpha value is -4.28. The third-order valence-corrected chi connectivity index (χ3v) is 6.75. The number of fused-ring (bicyclic) bond motifs is 3. The van der Waals surface area contributed by atoms with Crippen molar-refractivity contribution in [1.29, 1.82) is 0 Å². The fourth-order valence-electron chi connectivity index (χ4n) is 4.77. The third kappa shape index (κ3) is 5.54. The van der Waals surface area contributed by atoms with Crippen molar-refractivity contribution in [3.05, 3.63) is 87.7 Å². The van der Waals surface area contributed by atoms with E-state index in [1.54, 1.807) is 17.2 Å². The van der Waals surface area contributed by atoms with Gasteiger partial charge in [-0.2, -0.15) is 13.2 Å². The van der Waals surface area contributed by atoms with Gasteiger partial charge in [0.25, 0.3) is 5.56 Å². The Balaban J connectivity index is 1.34. The summed E-state index contributed by atoms with van der Waals surface area (Å²) in [6.45, 7) is 6.44. The zero-order valence-corrected chi connectivity index (χ0v) is 22.6. The number of nitrogens with zero attached hydrogens (tertiary/aromatic N) is 4. The van der Waals surface area contributed by atoms with Gasteiger partial charge in [-0.25, -0.2) is 4.79 Å². The summed E-state index contributed by atoms with van der Waals surface area (Å²) in [6, 6.07) is 10.9. The molecule has 8 nitrogen and oxygen atoms in total. The number of amides is 1. The molecule has 3 aromatic heterocycles. The zero-order valence-electron chi connectivity index (χ0n) is 22.6. The molecule has 0 atom stereocenters. The number of pyridine rings is 2. The molecule has 210 valence electrons. The monoisotopic (exact) mass is 554 g/mol. The van der Waals surface area contributed by atoms with Crippen LogP contribution in [-0.4, -0.2) is 37.3 Å². The summed E-state index contributed by atoms with van der Waals surface area (Å²) in [6.07, 6.45) is -1.76. The minimum atomic E-state index is -4.46. The van der Waals surface area contributed by atoms with E-state index >= 15 is 0 Å². The Bertz CT molecular complexity index is 1630. The number of hydrogen-bond donors (Lipinski definition) is 0. The van der Waals surface area contributed by atoms with Gasteiger partial charge in [0.1, 0.15) is 18.0 Å². The molecule has 0 saturated carbocycles. The predicted molar refractivity (Wildman–Crippen MR) is 142 cm³/mol. The number of carbonyl (C=O) groups excluding carboxylic acids is 1. The zero-order chi connectivity index (χ0) is 28.8. The van der Waals surface area contributed by atoms with Gasteiger partial charge in [0.15, 0.2) is 0 Å². The second kappa shape index (κ2) is 10.0. The maximum atomic E-state index is 12.9. The van der Waals surface area contributed by atoms with Gasteiger partial charge in [0.2, 0.25) is 0 Å². The number of aromatic nitrogens is 3. The van der Waals surface area contributed by atoms with Gasteiger partial charge in [0.05, 0.1) is 29.0 Å². The van der Waals surface area contributed by atoms with Crippen LogP contribution < -0.4 is 10.3 Å². The van der Waals surface area contributed by atoms with Crippen LogP contribution in [0.4, 0.5) is 18.0 Å². The molecule has 0 bridgehead atoms. The topological polar surface area (TPSA) is 78.6 Å². The highest BCUT2D eigenvalue weighted by Gasteiger charge is 2.31. The van der Waals surface area contributed by atoms with Crippen molar-refractivity contribution in [2.75, 3.05) is 6.54 Å². The first kappa shape index (κ1) is 27.3. The molecule has 40 heavy (non-hydrogen) atoms. The summed E-state index contributed by atoms with van der Waals surface area (Å²) in [5.41, 5.74) is 2.37. The standard InChI is InChI=1S/C29H29F3N4O4/c1-28(2,3)40-27(38)35-11-10-23-22-8-7-20(13-24(22)34(4)25(23)16-35)36-12-9-21(14-26(36)37)39-17-19-6-5-18(15-33-19)29(30,31)32/h5-9,12-15H,10-11,16-17H2,1-4H3. The first-order valence-corrected chi connectivity index (χ1v) is 12.8. The minimum absolute atomic E-state index is 0.0806. The molecule has 0 saturated heterocycles. The summed E-state index contributed by atoms with van der Waals surface area (Å²) < 4.78 is 52.9. The van der Waals surface area contributed by atoms with Gasteiger partial charge in [-0.15, -0.1) is 0 Å². The Morgan fingerprint density at radius 3 is 2.50 bits per heavy atom. The fourth-order valence-corrected chi connectivity index (χ4v) is 4.77. The average molecular weight is 555 g/mol. The quantitative estimate of drug-likeness (QED) is 0.328. The van der Waals surface area contributed by atoms with E-state index in [0.29, 0.717) is 30.9 Å². The highest BCUT2D eigenvalue weighted by molar-refractivity contribution is 5.88. The van der Waals surface area contributed by atoms with Crippen molar-refractivity contribution >= 4 is 17.0 Å². The van der Waals surface area contributed by atoms with Crippen LogP contribution in [0.15, 0.2) is 59.7 Å². The first-order valence-electron chi connectivity index (χ1n) is 12.8. The van der Waals surface area contributed by atoms with Crippen LogP contribution in [-0.2, 0) is 37.5 Å². The van der Waals surface area contributed by atoms with Crippen LogP contribution in [0.5, 0.6) is 5.75 Å². The molecule has 0 unspecified atom stereocenters. The van der Waals surface area contributed by atoms with E-state index in [9.17, 15) is 22.8 Å². The summed E-state index contributed by atoms with van der Waals surface area (Å²) in [4.78, 5) is 31.1. The summed E-state index contributed by atoms with van der Waals surface area (Å²) in [7, 11) is 1.94. The number of aryl methyl sites for hydroxylation is 1. The molecule has 5 rings (SSSR count). The lowest BCUT2D eigenvalue weighted by molar-refractivity contribution is -0.137. The molecule has 0 aliphatic carbocycles. The van der Waals surface area contributed by atoms with Gasteiger partial charge >= 0.3 is 12.3 Å². The summed E-state index contributed by atoms with van der Waals surface area (Å²) in [5, 5.41) is 1.07. The van der Waals surface area contributed by atoms with Crippen molar-refractivity contribution in [3.8, 4) is 11.4 Å². The molecular formula is C29H29F3N4O4. The normalized spacial score (nSPS) is 13.8. The van der Waals surface area contributed by atoms with Gasteiger partial charge in [0, 0.05) is 43.1 Å². The van der Waals surface area contributed by atoms with Gasteiger partial charge in [-0.05, 0) is 63.1 Å². The van der Waals surface area contributed by atoms with E-state index in [-0.39, 0.29) is 24.0 Å². The van der Waals surface area contributed by atoms with Gasteiger partial charge in [-0.1, -0.05) is 6.07 Å². The molecule has 0 N–H and O–H groups in total. The number of halogens is 3. The molecule has 1 aliphatic rings. The van der Waals surface area contributed by atoms with E-state index in [4.69, 9.17) is 9.47 Å². The Kier molecular flexibility index (Phi) is 6.85.